The predicted molar refractivity (Wildman–Crippen MR) is 81.0 cm³/mol. The summed E-state index contributed by atoms with van der Waals surface area (Å²) in [5.74, 6) is 0. The van der Waals surface area contributed by atoms with Gasteiger partial charge in [0.15, 0.2) is 0 Å². The first kappa shape index (κ1) is 14.8. The molecule has 2 aromatic rings. The molecule has 0 bridgehead atoms. The van der Waals surface area contributed by atoms with Crippen molar-refractivity contribution in [3.05, 3.63) is 48.5 Å². The molecule has 0 spiro atoms. The summed E-state index contributed by atoms with van der Waals surface area (Å²) in [4.78, 5) is 4.05. The summed E-state index contributed by atoms with van der Waals surface area (Å²) in [6, 6.07) is 8.56. The Morgan fingerprint density at radius 2 is 2.00 bits per heavy atom. The number of methoxy groups -OCH3 is 1. The van der Waals surface area contributed by atoms with Crippen LogP contribution in [-0.2, 0) is 11.3 Å². The van der Waals surface area contributed by atoms with Gasteiger partial charge in [0.2, 0.25) is 0 Å². The second-order valence-corrected chi connectivity index (χ2v) is 4.87. The lowest BCUT2D eigenvalue weighted by Crippen LogP contribution is -2.14. The molecular weight excluding hydrogens is 250 g/mol. The minimum atomic E-state index is 0.871. The maximum atomic E-state index is 5.03. The smallest absolute Gasteiger partial charge is 0.0991 e. The number of unbranched alkanes of at least 4 members (excludes halogenated alkanes) is 2. The van der Waals surface area contributed by atoms with Crippen LogP contribution >= 0.6 is 0 Å². The van der Waals surface area contributed by atoms with E-state index in [1.165, 1.54) is 18.4 Å². The molecule has 1 N–H and O–H groups in total. The standard InChI is InChI=1S/C16H23N3O/c1-20-12-4-2-3-9-17-13-15-5-7-16(8-6-15)19-11-10-18-14-19/h5-8,10-11,14,17H,2-4,9,12-13H2,1H3. The number of benzene rings is 1. The van der Waals surface area contributed by atoms with Crippen molar-refractivity contribution in [3.63, 3.8) is 0 Å². The molecule has 4 heteroatoms. The van der Waals surface area contributed by atoms with E-state index in [2.05, 4.69) is 34.6 Å². The van der Waals surface area contributed by atoms with Gasteiger partial charge in [-0.25, -0.2) is 4.98 Å². The molecular formula is C16H23N3O. The molecule has 2 rings (SSSR count). The molecule has 0 saturated heterocycles. The molecule has 0 amide bonds. The first-order valence-corrected chi connectivity index (χ1v) is 7.17. The molecule has 0 fully saturated rings. The molecule has 0 saturated carbocycles. The third kappa shape index (κ3) is 4.79. The number of hydrogen-bond acceptors (Lipinski definition) is 3. The first-order chi connectivity index (χ1) is 9.90. The van der Waals surface area contributed by atoms with Crippen molar-refractivity contribution in [2.45, 2.75) is 25.8 Å². The summed E-state index contributed by atoms with van der Waals surface area (Å²) in [7, 11) is 1.76. The summed E-state index contributed by atoms with van der Waals surface area (Å²) >= 11 is 0. The first-order valence-electron chi connectivity index (χ1n) is 7.17. The van der Waals surface area contributed by atoms with Gasteiger partial charge < -0.3 is 14.6 Å². The van der Waals surface area contributed by atoms with Gasteiger partial charge in [-0.1, -0.05) is 12.1 Å². The van der Waals surface area contributed by atoms with Crippen molar-refractivity contribution in [3.8, 4) is 5.69 Å². The third-order valence-corrected chi connectivity index (χ3v) is 3.27. The van der Waals surface area contributed by atoms with E-state index in [4.69, 9.17) is 4.74 Å². The van der Waals surface area contributed by atoms with Crippen LogP contribution in [0.25, 0.3) is 5.69 Å². The SMILES string of the molecule is COCCCCCNCc1ccc(-n2ccnc2)cc1. The van der Waals surface area contributed by atoms with Gasteiger partial charge in [0.25, 0.3) is 0 Å². The van der Waals surface area contributed by atoms with Crippen LogP contribution in [0.5, 0.6) is 0 Å². The van der Waals surface area contributed by atoms with E-state index in [9.17, 15) is 0 Å². The summed E-state index contributed by atoms with van der Waals surface area (Å²) in [6.07, 6.45) is 9.13. The van der Waals surface area contributed by atoms with Gasteiger partial charge in [-0.05, 0) is 43.5 Å². The van der Waals surface area contributed by atoms with Crippen LogP contribution in [0.3, 0.4) is 0 Å². The Morgan fingerprint density at radius 1 is 1.15 bits per heavy atom. The number of nitrogens with zero attached hydrogens (tertiary/aromatic N) is 2. The van der Waals surface area contributed by atoms with E-state index in [0.717, 1.165) is 31.8 Å². The number of ether oxygens (including phenoxy) is 1. The number of hydrogen-bond donors (Lipinski definition) is 1. The summed E-state index contributed by atoms with van der Waals surface area (Å²) in [5.41, 5.74) is 2.46. The average Bonchev–Trinajstić information content (AvgIpc) is 3.01. The van der Waals surface area contributed by atoms with Crippen molar-refractivity contribution in [2.75, 3.05) is 20.3 Å². The highest BCUT2D eigenvalue weighted by Gasteiger charge is 1.96. The summed E-state index contributed by atoms with van der Waals surface area (Å²) < 4.78 is 7.04. The van der Waals surface area contributed by atoms with Crippen LogP contribution in [0.15, 0.2) is 43.0 Å². The van der Waals surface area contributed by atoms with E-state index in [-0.39, 0.29) is 0 Å². The van der Waals surface area contributed by atoms with Crippen LogP contribution in [0, 0.1) is 0 Å². The Balaban J connectivity index is 1.67. The largest absolute Gasteiger partial charge is 0.385 e. The highest BCUT2D eigenvalue weighted by atomic mass is 16.5. The van der Waals surface area contributed by atoms with Gasteiger partial charge in [-0.3, -0.25) is 0 Å². The topological polar surface area (TPSA) is 39.1 Å². The van der Waals surface area contributed by atoms with E-state index in [1.807, 2.05) is 17.1 Å². The van der Waals surface area contributed by atoms with Crippen molar-refractivity contribution in [1.29, 1.82) is 0 Å². The number of nitrogens with one attached hydrogen (secondary N) is 1. The quantitative estimate of drug-likeness (QED) is 0.714. The van der Waals surface area contributed by atoms with Gasteiger partial charge >= 0.3 is 0 Å². The summed E-state index contributed by atoms with van der Waals surface area (Å²) in [6.45, 7) is 2.86. The molecule has 4 nitrogen and oxygen atoms in total. The molecule has 108 valence electrons. The van der Waals surface area contributed by atoms with Crippen LogP contribution < -0.4 is 5.32 Å². The lowest BCUT2D eigenvalue weighted by Gasteiger charge is -2.07. The van der Waals surface area contributed by atoms with Gasteiger partial charge in [0.1, 0.15) is 0 Å². The van der Waals surface area contributed by atoms with Crippen molar-refractivity contribution in [1.82, 2.24) is 14.9 Å². The molecule has 0 atom stereocenters. The van der Waals surface area contributed by atoms with Crippen LogP contribution in [0.4, 0.5) is 0 Å². The van der Waals surface area contributed by atoms with Crippen LogP contribution in [0.2, 0.25) is 0 Å². The van der Waals surface area contributed by atoms with Crippen LogP contribution in [0.1, 0.15) is 24.8 Å². The maximum absolute atomic E-state index is 5.03. The van der Waals surface area contributed by atoms with E-state index < -0.39 is 0 Å². The van der Waals surface area contributed by atoms with E-state index >= 15 is 0 Å². The molecule has 0 radical (unpaired) electrons. The fourth-order valence-corrected chi connectivity index (χ4v) is 2.10. The highest BCUT2D eigenvalue weighted by Crippen LogP contribution is 2.09. The average molecular weight is 273 g/mol. The molecule has 0 aliphatic carbocycles. The molecule has 1 aromatic carbocycles. The Bertz CT molecular complexity index is 465. The van der Waals surface area contributed by atoms with Crippen molar-refractivity contribution in [2.24, 2.45) is 0 Å². The second kappa shape index (κ2) is 8.51. The molecule has 0 aliphatic heterocycles. The predicted octanol–water partition coefficient (Wildman–Crippen LogP) is 2.78. The normalized spacial score (nSPS) is 10.8. The molecule has 0 aliphatic rings. The molecule has 0 unspecified atom stereocenters. The Morgan fingerprint density at radius 3 is 2.70 bits per heavy atom. The number of rotatable bonds is 9. The van der Waals surface area contributed by atoms with Gasteiger partial charge in [0, 0.05) is 38.3 Å². The molecule has 1 heterocycles. The molecule has 20 heavy (non-hydrogen) atoms. The van der Waals surface area contributed by atoms with E-state index in [0.29, 0.717) is 0 Å². The zero-order chi connectivity index (χ0) is 14.0. The van der Waals surface area contributed by atoms with Crippen molar-refractivity contribution < 1.29 is 4.74 Å². The monoisotopic (exact) mass is 273 g/mol. The number of imidazole rings is 1. The van der Waals surface area contributed by atoms with Crippen molar-refractivity contribution >= 4 is 0 Å². The fourth-order valence-electron chi connectivity index (χ4n) is 2.10. The lowest BCUT2D eigenvalue weighted by atomic mass is 10.2. The minimum absolute atomic E-state index is 0.871. The van der Waals surface area contributed by atoms with Gasteiger partial charge in [-0.2, -0.15) is 0 Å². The zero-order valence-corrected chi connectivity index (χ0v) is 12.1. The summed E-state index contributed by atoms with van der Waals surface area (Å²) in [5, 5.41) is 3.47. The second-order valence-electron chi connectivity index (χ2n) is 4.87. The zero-order valence-electron chi connectivity index (χ0n) is 12.1. The Hall–Kier alpha value is -1.65. The third-order valence-electron chi connectivity index (χ3n) is 3.27. The minimum Gasteiger partial charge on any atom is -0.385 e. The molecule has 1 aromatic heterocycles. The van der Waals surface area contributed by atoms with Gasteiger partial charge in [-0.15, -0.1) is 0 Å². The fraction of sp³-hybridized carbons (Fsp3) is 0.438. The maximum Gasteiger partial charge on any atom is 0.0991 e. The number of aromatic nitrogens is 2. The van der Waals surface area contributed by atoms with E-state index in [1.54, 1.807) is 13.3 Å². The lowest BCUT2D eigenvalue weighted by molar-refractivity contribution is 0.192. The van der Waals surface area contributed by atoms with Crippen LogP contribution in [-0.4, -0.2) is 29.8 Å². The highest BCUT2D eigenvalue weighted by molar-refractivity contribution is 5.34. The van der Waals surface area contributed by atoms with Gasteiger partial charge in [0.05, 0.1) is 6.33 Å². The Labute approximate surface area is 120 Å². The Kier molecular flexibility index (Phi) is 6.27.